The van der Waals surface area contributed by atoms with Gasteiger partial charge in [-0.25, -0.2) is 0 Å². The van der Waals surface area contributed by atoms with Crippen molar-refractivity contribution < 1.29 is 0 Å². The van der Waals surface area contributed by atoms with E-state index in [4.69, 9.17) is 0 Å². The number of hydrogen-bond acceptors (Lipinski definition) is 0. The first kappa shape index (κ1) is 17.9. The Bertz CT molecular complexity index is 869. The van der Waals surface area contributed by atoms with Crippen molar-refractivity contribution in [3.63, 3.8) is 0 Å². The molecule has 1 aliphatic rings. The summed E-state index contributed by atoms with van der Waals surface area (Å²) in [6, 6.07) is 32.1. The molecule has 0 unspecified atom stereocenters. The average molecular weight is 337 g/mol. The van der Waals surface area contributed by atoms with Gasteiger partial charge < -0.3 is 0 Å². The number of rotatable bonds is 3. The second-order valence-corrected chi connectivity index (χ2v) is 5.94. The zero-order valence-electron chi connectivity index (χ0n) is 15.5. The van der Waals surface area contributed by atoms with Gasteiger partial charge in [0.05, 0.1) is 0 Å². The minimum atomic E-state index is 0.963. The molecule has 129 valence electrons. The van der Waals surface area contributed by atoms with E-state index in [1.807, 2.05) is 13.8 Å². The summed E-state index contributed by atoms with van der Waals surface area (Å²) in [6.07, 6.45) is 5.64. The highest BCUT2D eigenvalue weighted by molar-refractivity contribution is 6.17. The minimum absolute atomic E-state index is 0.963. The zero-order valence-corrected chi connectivity index (χ0v) is 15.5. The molecule has 0 saturated carbocycles. The van der Waals surface area contributed by atoms with E-state index in [0.717, 1.165) is 6.42 Å². The van der Waals surface area contributed by atoms with Crippen LogP contribution in [0.4, 0.5) is 0 Å². The molecule has 0 nitrogen and oxygen atoms in total. The van der Waals surface area contributed by atoms with Crippen LogP contribution in [0.15, 0.2) is 97.1 Å². The molecule has 0 heterocycles. The molecule has 1 radical (unpaired) electrons. The Labute approximate surface area is 157 Å². The van der Waals surface area contributed by atoms with Crippen LogP contribution in [0.25, 0.3) is 16.7 Å². The van der Waals surface area contributed by atoms with Crippen molar-refractivity contribution >= 4 is 16.7 Å². The lowest BCUT2D eigenvalue weighted by Crippen LogP contribution is -2.01. The molecule has 0 amide bonds. The van der Waals surface area contributed by atoms with E-state index in [1.165, 1.54) is 33.4 Å². The van der Waals surface area contributed by atoms with E-state index >= 15 is 0 Å². The number of hydrogen-bond donors (Lipinski definition) is 0. The van der Waals surface area contributed by atoms with Crippen LogP contribution in [0.3, 0.4) is 0 Å². The molecular weight excluding hydrogens is 312 g/mol. The highest BCUT2D eigenvalue weighted by atomic mass is 14.2. The molecule has 0 aromatic heterocycles. The fourth-order valence-corrected chi connectivity index (χ4v) is 3.32. The second-order valence-electron chi connectivity index (χ2n) is 5.94. The summed E-state index contributed by atoms with van der Waals surface area (Å²) in [5.41, 5.74) is 7.78. The Morgan fingerprint density at radius 1 is 0.538 bits per heavy atom. The van der Waals surface area contributed by atoms with Crippen LogP contribution < -0.4 is 0 Å². The zero-order chi connectivity index (χ0) is 18.2. The predicted molar refractivity (Wildman–Crippen MR) is 114 cm³/mol. The van der Waals surface area contributed by atoms with E-state index in [-0.39, 0.29) is 0 Å². The molecule has 0 atom stereocenters. The van der Waals surface area contributed by atoms with Crippen molar-refractivity contribution in [3.8, 4) is 0 Å². The monoisotopic (exact) mass is 337 g/mol. The summed E-state index contributed by atoms with van der Waals surface area (Å²) in [5.74, 6) is 0. The van der Waals surface area contributed by atoms with Crippen molar-refractivity contribution in [2.45, 2.75) is 20.3 Å². The van der Waals surface area contributed by atoms with Gasteiger partial charge >= 0.3 is 0 Å². The summed E-state index contributed by atoms with van der Waals surface area (Å²) in [5, 5.41) is 0. The lowest BCUT2D eigenvalue weighted by molar-refractivity contribution is 1.28. The Kier molecular flexibility index (Phi) is 6.22. The lowest BCUT2D eigenvalue weighted by Gasteiger charge is -2.23. The molecule has 0 aliphatic heterocycles. The van der Waals surface area contributed by atoms with Crippen LogP contribution in [-0.2, 0) is 0 Å². The van der Waals surface area contributed by atoms with Gasteiger partial charge in [0, 0.05) is 0 Å². The van der Waals surface area contributed by atoms with Gasteiger partial charge in [-0.05, 0) is 46.3 Å². The summed E-state index contributed by atoms with van der Waals surface area (Å²) in [6.45, 7) is 4.00. The lowest BCUT2D eigenvalue weighted by atomic mass is 9.80. The SMILES string of the molecule is CC.[CH]1CC=C(c2ccccc2)C(c2ccccc2)=C1c1ccccc1. The Morgan fingerprint density at radius 3 is 1.54 bits per heavy atom. The summed E-state index contributed by atoms with van der Waals surface area (Å²) < 4.78 is 0. The van der Waals surface area contributed by atoms with Crippen LogP contribution >= 0.6 is 0 Å². The average Bonchev–Trinajstić information content (AvgIpc) is 2.76. The van der Waals surface area contributed by atoms with Gasteiger partial charge in [0.1, 0.15) is 0 Å². The van der Waals surface area contributed by atoms with Gasteiger partial charge in [-0.3, -0.25) is 0 Å². The van der Waals surface area contributed by atoms with E-state index < -0.39 is 0 Å². The fraction of sp³-hybridized carbons (Fsp3) is 0.115. The maximum absolute atomic E-state index is 2.34. The van der Waals surface area contributed by atoms with Crippen molar-refractivity contribution in [2.75, 3.05) is 0 Å². The van der Waals surface area contributed by atoms with Crippen molar-refractivity contribution in [1.82, 2.24) is 0 Å². The molecule has 1 aliphatic carbocycles. The van der Waals surface area contributed by atoms with Crippen molar-refractivity contribution in [3.05, 3.63) is 120 Å². The highest BCUT2D eigenvalue weighted by Crippen LogP contribution is 2.42. The number of allylic oxidation sites excluding steroid dienone is 4. The normalized spacial score (nSPS) is 13.5. The van der Waals surface area contributed by atoms with Crippen LogP contribution in [0.2, 0.25) is 0 Å². The Morgan fingerprint density at radius 2 is 1.00 bits per heavy atom. The molecule has 0 fully saturated rings. The molecule has 0 N–H and O–H groups in total. The third-order valence-corrected chi connectivity index (χ3v) is 4.41. The maximum Gasteiger partial charge on any atom is -0.00425 e. The van der Waals surface area contributed by atoms with Gasteiger partial charge in [0.2, 0.25) is 0 Å². The molecule has 0 spiro atoms. The van der Waals surface area contributed by atoms with Crippen LogP contribution in [0.5, 0.6) is 0 Å². The molecule has 3 aromatic rings. The van der Waals surface area contributed by atoms with Crippen molar-refractivity contribution in [1.29, 1.82) is 0 Å². The standard InChI is InChI=1S/C24H19.C2H6/c1-4-11-19(12-5-1)22-17-10-18-23(20-13-6-2-7-14-20)24(22)21-15-8-3-9-16-21;1-2/h1-9,11-18H,10H2;1-2H3. The van der Waals surface area contributed by atoms with Gasteiger partial charge in [0.25, 0.3) is 0 Å². The third-order valence-electron chi connectivity index (χ3n) is 4.41. The first-order chi connectivity index (χ1) is 12.9. The largest absolute Gasteiger partial charge is 0.0754 e. The molecule has 0 heteroatoms. The first-order valence-electron chi connectivity index (χ1n) is 9.38. The molecule has 0 bridgehead atoms. The van der Waals surface area contributed by atoms with Crippen LogP contribution in [0, 0.1) is 6.42 Å². The van der Waals surface area contributed by atoms with E-state index in [1.54, 1.807) is 0 Å². The van der Waals surface area contributed by atoms with Gasteiger partial charge in [-0.2, -0.15) is 0 Å². The molecular formula is C26H25. The summed E-state index contributed by atoms with van der Waals surface area (Å²) in [7, 11) is 0. The summed E-state index contributed by atoms with van der Waals surface area (Å²) in [4.78, 5) is 0. The van der Waals surface area contributed by atoms with E-state index in [0.29, 0.717) is 0 Å². The molecule has 26 heavy (non-hydrogen) atoms. The van der Waals surface area contributed by atoms with Crippen molar-refractivity contribution in [2.24, 2.45) is 0 Å². The first-order valence-corrected chi connectivity index (χ1v) is 9.38. The second kappa shape index (κ2) is 9.01. The van der Waals surface area contributed by atoms with Gasteiger partial charge in [-0.1, -0.05) is 111 Å². The molecule has 4 rings (SSSR count). The smallest absolute Gasteiger partial charge is 0.00425 e. The van der Waals surface area contributed by atoms with Crippen LogP contribution in [0.1, 0.15) is 37.0 Å². The highest BCUT2D eigenvalue weighted by Gasteiger charge is 2.20. The van der Waals surface area contributed by atoms with Crippen LogP contribution in [-0.4, -0.2) is 0 Å². The Balaban J connectivity index is 0.000000948. The summed E-state index contributed by atoms with van der Waals surface area (Å²) >= 11 is 0. The quantitative estimate of drug-likeness (QED) is 0.470. The van der Waals surface area contributed by atoms with E-state index in [2.05, 4.69) is 103 Å². The predicted octanol–water partition coefficient (Wildman–Crippen LogP) is 7.32. The third kappa shape index (κ3) is 3.86. The maximum atomic E-state index is 2.34. The van der Waals surface area contributed by atoms with Gasteiger partial charge in [0.15, 0.2) is 0 Å². The fourth-order valence-electron chi connectivity index (χ4n) is 3.32. The number of benzene rings is 3. The van der Waals surface area contributed by atoms with E-state index in [9.17, 15) is 0 Å². The Hall–Kier alpha value is -2.86. The topological polar surface area (TPSA) is 0 Å². The van der Waals surface area contributed by atoms with Gasteiger partial charge in [-0.15, -0.1) is 0 Å². The molecule has 3 aromatic carbocycles. The molecule has 0 saturated heterocycles. The minimum Gasteiger partial charge on any atom is -0.0754 e.